The molecule has 1 saturated heterocycles. The highest BCUT2D eigenvalue weighted by Crippen LogP contribution is 2.22. The van der Waals surface area contributed by atoms with Gasteiger partial charge >= 0.3 is 0 Å². The maximum atomic E-state index is 13.4. The second-order valence-electron chi connectivity index (χ2n) is 5.91. The molecule has 1 aliphatic heterocycles. The van der Waals surface area contributed by atoms with E-state index in [2.05, 4.69) is 10.2 Å². The molecule has 0 bridgehead atoms. The third-order valence-corrected chi connectivity index (χ3v) is 4.18. The second-order valence-corrected chi connectivity index (χ2v) is 5.91. The molecule has 122 valence electrons. The summed E-state index contributed by atoms with van der Waals surface area (Å²) in [6.45, 7) is 4.87. The number of hydrogen-bond acceptors (Lipinski definition) is 3. The van der Waals surface area contributed by atoms with Crippen molar-refractivity contribution >= 4 is 5.91 Å². The fourth-order valence-electron chi connectivity index (χ4n) is 2.64. The predicted octanol–water partition coefficient (Wildman–Crippen LogP) is 2.19. The van der Waals surface area contributed by atoms with Crippen LogP contribution < -0.4 is 10.1 Å². The number of rotatable bonds is 5. The van der Waals surface area contributed by atoms with Crippen LogP contribution >= 0.6 is 0 Å². The molecule has 0 unspecified atom stereocenters. The lowest BCUT2D eigenvalue weighted by molar-refractivity contribution is -0.126. The van der Waals surface area contributed by atoms with Gasteiger partial charge in [-0.2, -0.15) is 0 Å². The van der Waals surface area contributed by atoms with Gasteiger partial charge in [0.05, 0.1) is 12.0 Å². The van der Waals surface area contributed by atoms with Gasteiger partial charge in [0.1, 0.15) is 12.4 Å². The largest absolute Gasteiger partial charge is 0.488 e. The van der Waals surface area contributed by atoms with Crippen molar-refractivity contribution in [1.82, 2.24) is 10.2 Å². The first-order chi connectivity index (χ1) is 10.4. The number of nitrogens with one attached hydrogen (secondary N) is 1. The highest BCUT2D eigenvalue weighted by molar-refractivity contribution is 5.80. The number of amides is 1. The Hall–Kier alpha value is -1.69. The molecule has 3 atom stereocenters. The van der Waals surface area contributed by atoms with Gasteiger partial charge in [0.15, 0.2) is 11.6 Å². The molecule has 1 N–H and O–H groups in total. The average molecular weight is 312 g/mol. The topological polar surface area (TPSA) is 41.6 Å². The summed E-state index contributed by atoms with van der Waals surface area (Å²) in [6.07, 6.45) is 0.837. The lowest BCUT2D eigenvalue weighted by Gasteiger charge is -2.22. The summed E-state index contributed by atoms with van der Waals surface area (Å²) in [5, 5.41) is 2.89. The molecule has 6 heteroatoms. The van der Waals surface area contributed by atoms with Crippen molar-refractivity contribution in [2.75, 3.05) is 20.2 Å². The Labute approximate surface area is 129 Å². The Balaban J connectivity index is 1.82. The van der Waals surface area contributed by atoms with Crippen LogP contribution in [0.5, 0.6) is 5.75 Å². The molecule has 1 fully saturated rings. The number of carbonyl (C=O) groups excluding carboxylic acids is 1. The summed E-state index contributed by atoms with van der Waals surface area (Å²) in [6, 6.07) is 3.11. The van der Waals surface area contributed by atoms with Crippen LogP contribution in [0.2, 0.25) is 0 Å². The van der Waals surface area contributed by atoms with Gasteiger partial charge in [0.2, 0.25) is 5.91 Å². The van der Waals surface area contributed by atoms with E-state index in [1.807, 2.05) is 14.0 Å². The molecule has 0 spiro atoms. The second kappa shape index (κ2) is 7.05. The van der Waals surface area contributed by atoms with Crippen molar-refractivity contribution in [2.24, 2.45) is 5.92 Å². The number of nitrogens with zero attached hydrogens (tertiary/aromatic N) is 1. The summed E-state index contributed by atoms with van der Waals surface area (Å²) in [7, 11) is 2.00. The van der Waals surface area contributed by atoms with E-state index in [1.54, 1.807) is 6.92 Å². The van der Waals surface area contributed by atoms with E-state index in [1.165, 1.54) is 6.07 Å². The third kappa shape index (κ3) is 3.94. The molecule has 0 aliphatic carbocycles. The molecule has 4 nitrogen and oxygen atoms in total. The lowest BCUT2D eigenvalue weighted by atomic mass is 10.0. The van der Waals surface area contributed by atoms with Crippen LogP contribution in [0.1, 0.15) is 20.3 Å². The monoisotopic (exact) mass is 312 g/mol. The highest BCUT2D eigenvalue weighted by atomic mass is 19.1. The summed E-state index contributed by atoms with van der Waals surface area (Å²) >= 11 is 0. The quantitative estimate of drug-likeness (QED) is 0.906. The van der Waals surface area contributed by atoms with E-state index in [4.69, 9.17) is 4.74 Å². The summed E-state index contributed by atoms with van der Waals surface area (Å²) in [5.74, 6) is -1.45. The maximum absolute atomic E-state index is 13.4. The van der Waals surface area contributed by atoms with Crippen molar-refractivity contribution < 1.29 is 18.3 Å². The van der Waals surface area contributed by atoms with E-state index in [-0.39, 0.29) is 36.3 Å². The maximum Gasteiger partial charge on any atom is 0.225 e. The van der Waals surface area contributed by atoms with Crippen molar-refractivity contribution in [2.45, 2.75) is 32.4 Å². The molecule has 2 rings (SSSR count). The Kier molecular flexibility index (Phi) is 5.34. The van der Waals surface area contributed by atoms with Crippen molar-refractivity contribution in [1.29, 1.82) is 0 Å². The van der Waals surface area contributed by atoms with Gasteiger partial charge in [-0.1, -0.05) is 0 Å². The van der Waals surface area contributed by atoms with E-state index < -0.39 is 11.6 Å². The van der Waals surface area contributed by atoms with Crippen molar-refractivity contribution in [3.05, 3.63) is 29.8 Å². The first kappa shape index (κ1) is 16.7. The number of benzene rings is 1. The fraction of sp³-hybridized carbons (Fsp3) is 0.562. The van der Waals surface area contributed by atoms with E-state index in [0.29, 0.717) is 0 Å². The number of carbonyl (C=O) groups is 1. The zero-order chi connectivity index (χ0) is 16.3. The van der Waals surface area contributed by atoms with Gasteiger partial charge in [0.25, 0.3) is 0 Å². The molecular formula is C16H22F2N2O2. The first-order valence-corrected chi connectivity index (χ1v) is 7.47. The predicted molar refractivity (Wildman–Crippen MR) is 79.7 cm³/mol. The summed E-state index contributed by atoms with van der Waals surface area (Å²) in [4.78, 5) is 14.4. The van der Waals surface area contributed by atoms with Gasteiger partial charge in [-0.25, -0.2) is 8.78 Å². The van der Waals surface area contributed by atoms with Crippen LogP contribution in [0.4, 0.5) is 8.78 Å². The van der Waals surface area contributed by atoms with Gasteiger partial charge in [-0.3, -0.25) is 4.79 Å². The first-order valence-electron chi connectivity index (χ1n) is 7.47. The minimum Gasteiger partial charge on any atom is -0.488 e. The smallest absolute Gasteiger partial charge is 0.225 e. The summed E-state index contributed by atoms with van der Waals surface area (Å²) < 4.78 is 31.5. The van der Waals surface area contributed by atoms with E-state index in [0.717, 1.165) is 25.1 Å². The zero-order valence-electron chi connectivity index (χ0n) is 13.1. The molecule has 0 aromatic heterocycles. The third-order valence-electron chi connectivity index (χ3n) is 4.18. The lowest BCUT2D eigenvalue weighted by Crippen LogP contribution is -2.43. The van der Waals surface area contributed by atoms with Crippen LogP contribution in [-0.2, 0) is 4.79 Å². The Morgan fingerprint density at radius 3 is 2.82 bits per heavy atom. The normalized spacial score (nSPS) is 23.3. The average Bonchev–Trinajstić information content (AvgIpc) is 2.78. The summed E-state index contributed by atoms with van der Waals surface area (Å²) in [5.41, 5.74) is 0. The fourth-order valence-corrected chi connectivity index (χ4v) is 2.64. The van der Waals surface area contributed by atoms with Gasteiger partial charge in [-0.15, -0.1) is 0 Å². The SMILES string of the molecule is C[C@H](COc1ccc(F)cc1F)NC(=O)[C@H]1CCN(C)[C@H]1C. The number of halogens is 2. The minimum atomic E-state index is -0.746. The Morgan fingerprint density at radius 2 is 2.23 bits per heavy atom. The van der Waals surface area contributed by atoms with E-state index >= 15 is 0 Å². The van der Waals surface area contributed by atoms with Crippen LogP contribution in [0.15, 0.2) is 18.2 Å². The highest BCUT2D eigenvalue weighted by Gasteiger charge is 2.33. The zero-order valence-corrected chi connectivity index (χ0v) is 13.1. The standard InChI is InChI=1S/C16H22F2N2O2/c1-10(9-22-15-5-4-12(17)8-14(15)18)19-16(21)13-6-7-20(3)11(13)2/h4-5,8,10-11,13H,6-7,9H2,1-3H3,(H,19,21)/t10-,11+,13+/m1/s1. The molecule has 0 radical (unpaired) electrons. The molecule has 1 aromatic carbocycles. The van der Waals surface area contributed by atoms with Gasteiger partial charge in [-0.05, 0) is 46.0 Å². The van der Waals surface area contributed by atoms with Gasteiger partial charge in [0, 0.05) is 12.1 Å². The number of ether oxygens (including phenoxy) is 1. The molecule has 1 heterocycles. The number of likely N-dealkylation sites (tertiary alicyclic amines) is 1. The molecule has 1 aromatic rings. The van der Waals surface area contributed by atoms with Crippen LogP contribution in [0, 0.1) is 17.6 Å². The van der Waals surface area contributed by atoms with Gasteiger partial charge < -0.3 is 15.0 Å². The van der Waals surface area contributed by atoms with E-state index in [9.17, 15) is 13.6 Å². The minimum absolute atomic E-state index is 0.00692. The number of hydrogen-bond donors (Lipinski definition) is 1. The Bertz CT molecular complexity index is 539. The van der Waals surface area contributed by atoms with Crippen molar-refractivity contribution in [3.63, 3.8) is 0 Å². The van der Waals surface area contributed by atoms with Crippen LogP contribution in [0.3, 0.4) is 0 Å². The molecule has 1 aliphatic rings. The molecular weight excluding hydrogens is 290 g/mol. The van der Waals surface area contributed by atoms with Crippen LogP contribution in [0.25, 0.3) is 0 Å². The Morgan fingerprint density at radius 1 is 1.50 bits per heavy atom. The molecule has 0 saturated carbocycles. The molecule has 1 amide bonds. The van der Waals surface area contributed by atoms with Crippen LogP contribution in [-0.4, -0.2) is 43.1 Å². The molecule has 22 heavy (non-hydrogen) atoms. The van der Waals surface area contributed by atoms with Crippen molar-refractivity contribution in [3.8, 4) is 5.75 Å².